The Hall–Kier alpha value is -6.40. The number of rotatable bonds is 42. The minimum Gasteiger partial charge on any atom is -0.377 e. The van der Waals surface area contributed by atoms with Crippen LogP contribution < -0.4 is 21.3 Å². The molecule has 0 radical (unpaired) electrons. The number of carbonyl (C=O) groups is 2. The lowest BCUT2D eigenvalue weighted by molar-refractivity contribution is -0.0113. The molecule has 28 heteroatoms. The first-order valence-corrected chi connectivity index (χ1v) is 33.7. The number of halogens is 4. The second-order valence-corrected chi connectivity index (χ2v) is 24.5. The first-order valence-electron chi connectivity index (χ1n) is 32.2. The zero-order valence-electron chi connectivity index (χ0n) is 54.3. The van der Waals surface area contributed by atoms with Crippen molar-refractivity contribution < 1.29 is 57.0 Å². The van der Waals surface area contributed by atoms with Gasteiger partial charge in [0.1, 0.15) is 11.4 Å². The van der Waals surface area contributed by atoms with Crippen LogP contribution in [0.4, 0.5) is 21.0 Å². The Balaban J connectivity index is 0.485. The molecule has 518 valence electrons. The van der Waals surface area contributed by atoms with Gasteiger partial charge in [0.15, 0.2) is 0 Å². The quantitative estimate of drug-likeness (QED) is 0.0260. The SMILES string of the molecule is CN1Cc2c(Cl)cc(Cl)cc2[C@H](c2cccc(-c3cn(CCOCCOCCOCCOCCOCCNC(=O)Nc4ccc(NC(=O)NCCOCCOCCOCCOCCOCCn5cc(-c6cccc([C@@H]7CN(C)Cc8c(Cl)cc(Cl)cc87)c6)nn5)cc4)nn3)c2)C1. The average molecular weight is 1410 g/mol. The highest BCUT2D eigenvalue weighted by Crippen LogP contribution is 2.41. The van der Waals surface area contributed by atoms with Gasteiger partial charge < -0.3 is 78.4 Å². The number of amides is 4. The van der Waals surface area contributed by atoms with Crippen LogP contribution >= 0.6 is 46.4 Å². The van der Waals surface area contributed by atoms with Gasteiger partial charge in [-0.25, -0.2) is 19.0 Å². The number of carbonyl (C=O) groups excluding carboxylic acids is 2. The van der Waals surface area contributed by atoms with E-state index in [0.717, 1.165) is 59.8 Å². The Morgan fingerprint density at radius 1 is 0.438 bits per heavy atom. The van der Waals surface area contributed by atoms with Gasteiger partial charge in [-0.15, -0.1) is 10.2 Å². The number of likely N-dealkylation sites (N-methyl/N-ethyl adjacent to an activating group) is 2. The van der Waals surface area contributed by atoms with Crippen molar-refractivity contribution in [2.24, 2.45) is 0 Å². The molecule has 5 aromatic carbocycles. The molecule has 2 aliphatic rings. The summed E-state index contributed by atoms with van der Waals surface area (Å²) in [6, 6.07) is 30.5. The molecule has 2 aromatic heterocycles. The number of aromatic nitrogens is 6. The molecule has 0 fully saturated rings. The van der Waals surface area contributed by atoms with Crippen molar-refractivity contribution in [3.8, 4) is 22.5 Å². The van der Waals surface area contributed by atoms with E-state index in [1.54, 1.807) is 33.6 Å². The molecule has 4 heterocycles. The van der Waals surface area contributed by atoms with Gasteiger partial charge in [-0.3, -0.25) is 0 Å². The van der Waals surface area contributed by atoms with Crippen LogP contribution in [0.25, 0.3) is 22.5 Å². The Morgan fingerprint density at radius 2 is 0.771 bits per heavy atom. The van der Waals surface area contributed by atoms with Gasteiger partial charge in [-0.05, 0) is 108 Å². The van der Waals surface area contributed by atoms with Crippen LogP contribution in [0.3, 0.4) is 0 Å². The van der Waals surface area contributed by atoms with E-state index >= 15 is 0 Å². The fraction of sp³-hybridized carbons (Fsp3) is 0.471. The monoisotopic (exact) mass is 1400 g/mol. The van der Waals surface area contributed by atoms with Crippen molar-refractivity contribution in [1.82, 2.24) is 50.4 Å². The summed E-state index contributed by atoms with van der Waals surface area (Å²) in [5, 5.41) is 31.2. The van der Waals surface area contributed by atoms with Crippen LogP contribution in [0.1, 0.15) is 45.2 Å². The molecule has 24 nitrogen and oxygen atoms in total. The third kappa shape index (κ3) is 24.5. The molecule has 0 saturated heterocycles. The van der Waals surface area contributed by atoms with Crippen LogP contribution in [0.15, 0.2) is 109 Å². The fourth-order valence-electron chi connectivity index (χ4n) is 10.9. The van der Waals surface area contributed by atoms with E-state index in [1.165, 1.54) is 22.3 Å². The normalized spacial score (nSPS) is 14.8. The molecule has 7 aromatic rings. The summed E-state index contributed by atoms with van der Waals surface area (Å²) < 4.78 is 59.8. The Morgan fingerprint density at radius 3 is 1.12 bits per heavy atom. The zero-order valence-corrected chi connectivity index (χ0v) is 57.4. The molecule has 0 spiro atoms. The van der Waals surface area contributed by atoms with E-state index in [4.69, 9.17) is 93.8 Å². The Kier molecular flexibility index (Phi) is 31.1. The molecular weight excluding hydrogens is 1320 g/mol. The minimum atomic E-state index is -0.383. The summed E-state index contributed by atoms with van der Waals surface area (Å²) in [4.78, 5) is 29.3. The number of ether oxygens (including phenoxy) is 10. The number of nitrogens with one attached hydrogen (secondary N) is 4. The van der Waals surface area contributed by atoms with Crippen molar-refractivity contribution in [2.75, 3.05) is 183 Å². The van der Waals surface area contributed by atoms with E-state index < -0.39 is 0 Å². The predicted molar refractivity (Wildman–Crippen MR) is 369 cm³/mol. The summed E-state index contributed by atoms with van der Waals surface area (Å²) in [5.41, 5.74) is 11.6. The first-order chi connectivity index (χ1) is 46.9. The van der Waals surface area contributed by atoms with Crippen LogP contribution in [0.5, 0.6) is 0 Å². The van der Waals surface area contributed by atoms with Crippen molar-refractivity contribution in [3.63, 3.8) is 0 Å². The van der Waals surface area contributed by atoms with Crippen molar-refractivity contribution in [3.05, 3.63) is 163 Å². The molecule has 0 unspecified atom stereocenters. The summed E-state index contributed by atoms with van der Waals surface area (Å²) in [7, 11) is 4.21. The van der Waals surface area contributed by atoms with Gasteiger partial charge in [0.25, 0.3) is 0 Å². The third-order valence-electron chi connectivity index (χ3n) is 15.6. The summed E-state index contributed by atoms with van der Waals surface area (Å²) in [6.45, 7) is 13.4. The van der Waals surface area contributed by atoms with Crippen LogP contribution in [0.2, 0.25) is 20.1 Å². The molecule has 4 amide bonds. The van der Waals surface area contributed by atoms with Crippen molar-refractivity contribution in [1.29, 1.82) is 0 Å². The number of anilines is 2. The molecule has 9 rings (SSSR count). The van der Waals surface area contributed by atoms with E-state index in [9.17, 15) is 9.59 Å². The largest absolute Gasteiger partial charge is 0.377 e. The highest BCUT2D eigenvalue weighted by molar-refractivity contribution is 6.35. The van der Waals surface area contributed by atoms with Crippen LogP contribution in [0, 0.1) is 0 Å². The zero-order chi connectivity index (χ0) is 67.1. The van der Waals surface area contributed by atoms with E-state index in [2.05, 4.69) is 102 Å². The van der Waals surface area contributed by atoms with Crippen LogP contribution in [-0.2, 0) is 73.5 Å². The maximum absolute atomic E-state index is 12.4. The smallest absolute Gasteiger partial charge is 0.319 e. The maximum atomic E-state index is 12.4. The molecule has 2 atom stereocenters. The molecular formula is C68H86Cl4N12O12. The summed E-state index contributed by atoms with van der Waals surface area (Å²) in [5.74, 6) is 0.268. The topological polar surface area (TPSA) is 242 Å². The van der Waals surface area contributed by atoms with Gasteiger partial charge in [0, 0.05) is 93.7 Å². The first kappa shape index (κ1) is 73.8. The minimum absolute atomic E-state index is 0.134. The van der Waals surface area contributed by atoms with Crippen molar-refractivity contribution in [2.45, 2.75) is 38.0 Å². The molecule has 4 N–H and O–H groups in total. The highest BCUT2D eigenvalue weighted by Gasteiger charge is 2.29. The number of fused-ring (bicyclic) bond motifs is 2. The molecule has 0 bridgehead atoms. The number of hydrogen-bond donors (Lipinski definition) is 4. The maximum Gasteiger partial charge on any atom is 0.319 e. The number of benzene rings is 5. The lowest BCUT2D eigenvalue weighted by Crippen LogP contribution is -2.32. The van der Waals surface area contributed by atoms with Crippen LogP contribution in [-0.4, -0.2) is 224 Å². The van der Waals surface area contributed by atoms with Gasteiger partial charge in [0.05, 0.1) is 158 Å². The van der Waals surface area contributed by atoms with Crippen molar-refractivity contribution >= 4 is 69.8 Å². The van der Waals surface area contributed by atoms with Gasteiger partial charge in [-0.2, -0.15) is 0 Å². The third-order valence-corrected chi connectivity index (χ3v) is 16.7. The Bertz CT molecular complexity index is 3280. The Labute approximate surface area is 580 Å². The molecule has 0 saturated carbocycles. The molecule has 2 aliphatic heterocycles. The summed E-state index contributed by atoms with van der Waals surface area (Å²) >= 11 is 26.0. The number of urea groups is 2. The second-order valence-electron chi connectivity index (χ2n) is 22.9. The lowest BCUT2D eigenvalue weighted by atomic mass is 9.84. The molecule has 96 heavy (non-hydrogen) atoms. The van der Waals surface area contributed by atoms with Gasteiger partial charge >= 0.3 is 12.1 Å². The number of hydrogen-bond acceptors (Lipinski definition) is 18. The number of nitrogens with zero attached hydrogens (tertiary/aromatic N) is 8. The highest BCUT2D eigenvalue weighted by atomic mass is 35.5. The van der Waals surface area contributed by atoms with Gasteiger partial charge in [-0.1, -0.05) is 93.2 Å². The molecule has 0 aliphatic carbocycles. The van der Waals surface area contributed by atoms with E-state index in [1.807, 2.05) is 48.8 Å². The standard InChI is InChI=1S/C68H86Cl4N12O12/c1-81-43-59(57-39-53(69)41-63(71)61(57)45-81)49-5-3-7-51(37-49)65-47-83(79-77-65)15-19-89-23-27-93-31-35-95-33-29-91-25-21-87-17-13-73-67(85)75-55-9-11-56(12-10-55)76-68(86)74-14-18-88-22-26-92-30-34-96-36-32-94-28-24-90-20-16-84-48-66(78-80-84)52-8-4-6-50(38-52)60-44-82(2)46-62-58(60)40-54(70)42-64(62)72/h3-12,37-42,47-48,59-60H,13-36,43-46H2,1-2H3,(H2,73,75,85)(H2,74,76,86)/t59-,60-/m0/s1. The predicted octanol–water partition coefficient (Wildman–Crippen LogP) is 9.78. The summed E-state index contributed by atoms with van der Waals surface area (Å²) in [6.07, 6.45) is 3.86. The fourth-order valence-corrected chi connectivity index (χ4v) is 12.0. The average Bonchev–Trinajstić information content (AvgIpc) is 0.894. The lowest BCUT2D eigenvalue weighted by Gasteiger charge is -2.33. The van der Waals surface area contributed by atoms with E-state index in [0.29, 0.717) is 190 Å². The van der Waals surface area contributed by atoms with E-state index in [-0.39, 0.29) is 23.9 Å². The van der Waals surface area contributed by atoms with Gasteiger partial charge in [0.2, 0.25) is 0 Å². The second kappa shape index (κ2) is 40.5.